The standard InChI is InChI=1S/C16H24FNO/c1-16(2,3)15(12-6-8-13(17)9-7-12)18-11-14-5-4-10-19-14/h6-9,14-15,18H,4-5,10-11H2,1-3H3. The van der Waals surface area contributed by atoms with Gasteiger partial charge < -0.3 is 10.1 Å². The van der Waals surface area contributed by atoms with E-state index in [-0.39, 0.29) is 17.3 Å². The molecule has 19 heavy (non-hydrogen) atoms. The number of rotatable bonds is 4. The predicted molar refractivity (Wildman–Crippen MR) is 75.6 cm³/mol. The largest absolute Gasteiger partial charge is 0.377 e. The lowest BCUT2D eigenvalue weighted by atomic mass is 9.82. The molecular weight excluding hydrogens is 241 g/mol. The van der Waals surface area contributed by atoms with Crippen molar-refractivity contribution in [1.82, 2.24) is 5.32 Å². The van der Waals surface area contributed by atoms with Gasteiger partial charge in [0, 0.05) is 19.2 Å². The molecular formula is C16H24FNO. The molecule has 0 bridgehead atoms. The van der Waals surface area contributed by atoms with Gasteiger partial charge in [-0.15, -0.1) is 0 Å². The van der Waals surface area contributed by atoms with E-state index in [1.54, 1.807) is 0 Å². The average Bonchev–Trinajstić information content (AvgIpc) is 2.83. The highest BCUT2D eigenvalue weighted by Crippen LogP contribution is 2.33. The van der Waals surface area contributed by atoms with Crippen molar-refractivity contribution in [1.29, 1.82) is 0 Å². The van der Waals surface area contributed by atoms with Crippen LogP contribution in [0.1, 0.15) is 45.2 Å². The maximum Gasteiger partial charge on any atom is 0.123 e. The Kier molecular flexibility index (Phi) is 4.58. The minimum atomic E-state index is -0.185. The van der Waals surface area contributed by atoms with Crippen LogP contribution in [0.4, 0.5) is 4.39 Å². The molecule has 1 N–H and O–H groups in total. The van der Waals surface area contributed by atoms with Crippen molar-refractivity contribution in [3.63, 3.8) is 0 Å². The summed E-state index contributed by atoms with van der Waals surface area (Å²) in [5.41, 5.74) is 1.21. The minimum absolute atomic E-state index is 0.0798. The van der Waals surface area contributed by atoms with Gasteiger partial charge in [-0.05, 0) is 36.0 Å². The number of halogens is 1. The Morgan fingerprint density at radius 3 is 2.53 bits per heavy atom. The van der Waals surface area contributed by atoms with Gasteiger partial charge >= 0.3 is 0 Å². The number of hydrogen-bond acceptors (Lipinski definition) is 2. The maximum atomic E-state index is 13.0. The van der Waals surface area contributed by atoms with Crippen molar-refractivity contribution in [2.75, 3.05) is 13.2 Å². The van der Waals surface area contributed by atoms with E-state index in [1.807, 2.05) is 12.1 Å². The van der Waals surface area contributed by atoms with E-state index >= 15 is 0 Å². The lowest BCUT2D eigenvalue weighted by Crippen LogP contribution is -2.37. The summed E-state index contributed by atoms with van der Waals surface area (Å²) in [6, 6.07) is 7.00. The zero-order valence-electron chi connectivity index (χ0n) is 12.1. The fourth-order valence-corrected chi connectivity index (χ4v) is 2.63. The highest BCUT2D eigenvalue weighted by atomic mass is 19.1. The lowest BCUT2D eigenvalue weighted by molar-refractivity contribution is 0.101. The SMILES string of the molecule is CC(C)(C)C(NCC1CCCO1)c1ccc(F)cc1. The second-order valence-corrected chi connectivity index (χ2v) is 6.39. The average molecular weight is 265 g/mol. The van der Waals surface area contributed by atoms with Gasteiger partial charge in [0.05, 0.1) is 6.10 Å². The molecule has 2 nitrogen and oxygen atoms in total. The summed E-state index contributed by atoms with van der Waals surface area (Å²) in [7, 11) is 0. The Labute approximate surface area is 115 Å². The van der Waals surface area contributed by atoms with Gasteiger partial charge in [-0.2, -0.15) is 0 Å². The molecule has 2 unspecified atom stereocenters. The van der Waals surface area contributed by atoms with E-state index in [0.717, 1.165) is 31.6 Å². The minimum Gasteiger partial charge on any atom is -0.377 e. The zero-order chi connectivity index (χ0) is 13.9. The number of ether oxygens (including phenoxy) is 1. The number of nitrogens with one attached hydrogen (secondary N) is 1. The first-order chi connectivity index (χ1) is 8.97. The fourth-order valence-electron chi connectivity index (χ4n) is 2.63. The molecule has 0 aliphatic carbocycles. The van der Waals surface area contributed by atoms with E-state index < -0.39 is 0 Å². The molecule has 1 heterocycles. The van der Waals surface area contributed by atoms with Gasteiger partial charge in [0.2, 0.25) is 0 Å². The third kappa shape index (κ3) is 4.02. The molecule has 0 aromatic heterocycles. The van der Waals surface area contributed by atoms with E-state index in [2.05, 4.69) is 26.1 Å². The van der Waals surface area contributed by atoms with Crippen molar-refractivity contribution in [3.8, 4) is 0 Å². The third-order valence-electron chi connectivity index (χ3n) is 3.64. The molecule has 3 heteroatoms. The van der Waals surface area contributed by atoms with Gasteiger partial charge in [-0.3, -0.25) is 0 Å². The van der Waals surface area contributed by atoms with Gasteiger partial charge in [0.1, 0.15) is 5.82 Å². The number of hydrogen-bond donors (Lipinski definition) is 1. The Morgan fingerprint density at radius 2 is 2.00 bits per heavy atom. The highest BCUT2D eigenvalue weighted by Gasteiger charge is 2.27. The van der Waals surface area contributed by atoms with Crippen LogP contribution < -0.4 is 5.32 Å². The molecule has 0 saturated carbocycles. The quantitative estimate of drug-likeness (QED) is 0.896. The monoisotopic (exact) mass is 265 g/mol. The van der Waals surface area contributed by atoms with E-state index in [1.165, 1.54) is 12.1 Å². The fraction of sp³-hybridized carbons (Fsp3) is 0.625. The Morgan fingerprint density at radius 1 is 1.32 bits per heavy atom. The van der Waals surface area contributed by atoms with Crippen LogP contribution in [0.15, 0.2) is 24.3 Å². The molecule has 0 radical (unpaired) electrons. The molecule has 2 atom stereocenters. The molecule has 1 aliphatic rings. The van der Waals surface area contributed by atoms with Gasteiger partial charge in [-0.25, -0.2) is 4.39 Å². The Balaban J connectivity index is 2.05. The second kappa shape index (κ2) is 6.02. The summed E-state index contributed by atoms with van der Waals surface area (Å²) in [5.74, 6) is -0.185. The van der Waals surface area contributed by atoms with Gasteiger partial charge in [0.25, 0.3) is 0 Å². The first kappa shape index (κ1) is 14.5. The molecule has 1 saturated heterocycles. The topological polar surface area (TPSA) is 21.3 Å². The smallest absolute Gasteiger partial charge is 0.123 e. The zero-order valence-corrected chi connectivity index (χ0v) is 12.1. The van der Waals surface area contributed by atoms with Crippen LogP contribution in [0.3, 0.4) is 0 Å². The lowest BCUT2D eigenvalue weighted by Gasteiger charge is -2.33. The van der Waals surface area contributed by atoms with Crippen molar-refractivity contribution >= 4 is 0 Å². The second-order valence-electron chi connectivity index (χ2n) is 6.39. The van der Waals surface area contributed by atoms with Gasteiger partial charge in [-0.1, -0.05) is 32.9 Å². The molecule has 2 rings (SSSR count). The first-order valence-corrected chi connectivity index (χ1v) is 7.07. The summed E-state index contributed by atoms with van der Waals surface area (Å²) >= 11 is 0. The molecule has 1 aliphatic heterocycles. The summed E-state index contributed by atoms with van der Waals surface area (Å²) in [5, 5.41) is 3.59. The highest BCUT2D eigenvalue weighted by molar-refractivity contribution is 5.21. The molecule has 106 valence electrons. The molecule has 1 fully saturated rings. The van der Waals surface area contributed by atoms with Crippen LogP contribution >= 0.6 is 0 Å². The molecule has 1 aromatic carbocycles. The normalized spacial score (nSPS) is 21.6. The van der Waals surface area contributed by atoms with Crippen LogP contribution in [0.25, 0.3) is 0 Å². The van der Waals surface area contributed by atoms with Crippen molar-refractivity contribution < 1.29 is 9.13 Å². The van der Waals surface area contributed by atoms with Crippen LogP contribution in [-0.2, 0) is 4.74 Å². The number of benzene rings is 1. The third-order valence-corrected chi connectivity index (χ3v) is 3.64. The Hall–Kier alpha value is -0.930. The van der Waals surface area contributed by atoms with E-state index in [4.69, 9.17) is 4.74 Å². The van der Waals surface area contributed by atoms with Crippen molar-refractivity contribution in [2.45, 2.75) is 45.8 Å². The summed E-state index contributed by atoms with van der Waals surface area (Å²) in [6.45, 7) is 8.33. The molecule has 1 aromatic rings. The summed E-state index contributed by atoms with van der Waals surface area (Å²) in [6.07, 6.45) is 2.61. The first-order valence-electron chi connectivity index (χ1n) is 7.07. The van der Waals surface area contributed by atoms with Crippen LogP contribution in [0.2, 0.25) is 0 Å². The molecule has 0 amide bonds. The Bertz CT molecular complexity index is 390. The van der Waals surface area contributed by atoms with Crippen molar-refractivity contribution in [3.05, 3.63) is 35.6 Å². The van der Waals surface area contributed by atoms with Gasteiger partial charge in [0.15, 0.2) is 0 Å². The van der Waals surface area contributed by atoms with Crippen molar-refractivity contribution in [2.24, 2.45) is 5.41 Å². The summed E-state index contributed by atoms with van der Waals surface area (Å²) < 4.78 is 18.7. The van der Waals surface area contributed by atoms with Crippen LogP contribution in [0.5, 0.6) is 0 Å². The predicted octanol–water partition coefficient (Wildman–Crippen LogP) is 3.68. The van der Waals surface area contributed by atoms with Crippen LogP contribution in [0, 0.1) is 11.2 Å². The van der Waals surface area contributed by atoms with Crippen LogP contribution in [-0.4, -0.2) is 19.3 Å². The van der Waals surface area contributed by atoms with E-state index in [0.29, 0.717) is 6.10 Å². The maximum absolute atomic E-state index is 13.0. The summed E-state index contributed by atoms with van der Waals surface area (Å²) in [4.78, 5) is 0. The molecule has 0 spiro atoms. The van der Waals surface area contributed by atoms with E-state index in [9.17, 15) is 4.39 Å².